The van der Waals surface area contributed by atoms with Crippen molar-refractivity contribution in [3.8, 4) is 0 Å². The number of hydrogen-bond donors (Lipinski definition) is 1. The van der Waals surface area contributed by atoms with E-state index in [4.69, 9.17) is 0 Å². The first kappa shape index (κ1) is 23.6. The number of carbonyl (C=O) groups excluding carboxylic acids is 2. The lowest BCUT2D eigenvalue weighted by Crippen LogP contribution is -2.67. The second-order valence-corrected chi connectivity index (χ2v) is 10.2. The van der Waals surface area contributed by atoms with E-state index in [0.29, 0.717) is 24.9 Å². The Morgan fingerprint density at radius 3 is 2.35 bits per heavy atom. The summed E-state index contributed by atoms with van der Waals surface area (Å²) in [5.41, 5.74) is 1.17. The fraction of sp³-hybridized carbons (Fsp3) is 0.231. The summed E-state index contributed by atoms with van der Waals surface area (Å²) in [6, 6.07) is 21.6. The fourth-order valence-corrected chi connectivity index (χ4v) is 5.17. The summed E-state index contributed by atoms with van der Waals surface area (Å²) in [6.07, 6.45) is 1.72. The van der Waals surface area contributed by atoms with E-state index in [2.05, 4.69) is 0 Å². The Labute approximate surface area is 198 Å². The molecule has 1 fully saturated rings. The molecule has 3 aromatic rings. The molecule has 1 aliphatic heterocycles. The molecule has 1 unspecified atom stereocenters. The fourth-order valence-electron chi connectivity index (χ4n) is 4.06. The highest BCUT2D eigenvalue weighted by Gasteiger charge is 2.50. The average molecular weight is 481 g/mol. The van der Waals surface area contributed by atoms with Gasteiger partial charge < -0.3 is 4.90 Å². The SMILES string of the molecule is CC1(C(=O)NS(=O)(=O)c2cccc(F)c2)CCN1C(=O)c1ccccc1CCc1ccccc1. The van der Waals surface area contributed by atoms with Crippen molar-refractivity contribution >= 4 is 21.8 Å². The average Bonchev–Trinajstić information content (AvgIpc) is 2.82. The normalized spacial score (nSPS) is 17.6. The summed E-state index contributed by atoms with van der Waals surface area (Å²) in [6.45, 7) is 1.87. The summed E-state index contributed by atoms with van der Waals surface area (Å²) in [5.74, 6) is -1.87. The molecule has 3 aromatic carbocycles. The zero-order valence-electron chi connectivity index (χ0n) is 18.7. The Kier molecular flexibility index (Phi) is 6.52. The summed E-state index contributed by atoms with van der Waals surface area (Å²) in [7, 11) is -4.28. The number of carbonyl (C=O) groups is 2. The van der Waals surface area contributed by atoms with Crippen molar-refractivity contribution in [1.82, 2.24) is 9.62 Å². The van der Waals surface area contributed by atoms with Crippen LogP contribution in [0.5, 0.6) is 0 Å². The maximum absolute atomic E-state index is 13.5. The van der Waals surface area contributed by atoms with Gasteiger partial charge in [-0.15, -0.1) is 0 Å². The monoisotopic (exact) mass is 480 g/mol. The number of halogens is 1. The first-order valence-corrected chi connectivity index (χ1v) is 12.5. The zero-order valence-corrected chi connectivity index (χ0v) is 19.5. The van der Waals surface area contributed by atoms with Crippen molar-refractivity contribution in [2.24, 2.45) is 0 Å². The molecule has 1 atom stereocenters. The van der Waals surface area contributed by atoms with Crippen LogP contribution in [0.15, 0.2) is 83.8 Å². The number of nitrogens with zero attached hydrogens (tertiary/aromatic N) is 1. The topological polar surface area (TPSA) is 83.6 Å². The van der Waals surface area contributed by atoms with Crippen LogP contribution in [0, 0.1) is 5.82 Å². The molecule has 1 saturated heterocycles. The molecular formula is C26H25FN2O4S. The van der Waals surface area contributed by atoms with Crippen molar-refractivity contribution in [1.29, 1.82) is 0 Å². The molecule has 0 radical (unpaired) electrons. The predicted molar refractivity (Wildman–Crippen MR) is 126 cm³/mol. The van der Waals surface area contributed by atoms with Gasteiger partial charge in [-0.1, -0.05) is 54.6 Å². The third kappa shape index (κ3) is 4.72. The summed E-state index contributed by atoms with van der Waals surface area (Å²) in [5, 5.41) is 0. The molecule has 1 heterocycles. The molecule has 4 rings (SSSR count). The minimum absolute atomic E-state index is 0.315. The molecule has 34 heavy (non-hydrogen) atoms. The van der Waals surface area contributed by atoms with Gasteiger partial charge in [-0.3, -0.25) is 9.59 Å². The number of nitrogens with one attached hydrogen (secondary N) is 1. The summed E-state index contributed by atoms with van der Waals surface area (Å²) in [4.78, 5) is 27.4. The maximum Gasteiger partial charge on any atom is 0.264 e. The van der Waals surface area contributed by atoms with Gasteiger partial charge >= 0.3 is 0 Å². The second-order valence-electron chi connectivity index (χ2n) is 8.52. The number of likely N-dealkylation sites (tertiary alicyclic amines) is 1. The number of sulfonamides is 1. The molecule has 0 aromatic heterocycles. The Morgan fingerprint density at radius 2 is 1.68 bits per heavy atom. The van der Waals surface area contributed by atoms with E-state index >= 15 is 0 Å². The highest BCUT2D eigenvalue weighted by Crippen LogP contribution is 2.33. The molecule has 176 valence electrons. The zero-order chi connectivity index (χ0) is 24.3. The van der Waals surface area contributed by atoms with Gasteiger partial charge in [0.1, 0.15) is 11.4 Å². The summed E-state index contributed by atoms with van der Waals surface area (Å²) < 4.78 is 40.7. The van der Waals surface area contributed by atoms with E-state index in [9.17, 15) is 22.4 Å². The first-order chi connectivity index (χ1) is 16.2. The molecule has 0 spiro atoms. The van der Waals surface area contributed by atoms with E-state index in [1.807, 2.05) is 47.2 Å². The molecule has 0 aliphatic carbocycles. The van der Waals surface area contributed by atoms with E-state index in [-0.39, 0.29) is 10.8 Å². The summed E-state index contributed by atoms with van der Waals surface area (Å²) >= 11 is 0. The lowest BCUT2D eigenvalue weighted by molar-refractivity contribution is -0.135. The molecule has 8 heteroatoms. The van der Waals surface area contributed by atoms with Gasteiger partial charge in [0.2, 0.25) is 0 Å². The van der Waals surface area contributed by atoms with Crippen LogP contribution in [0.3, 0.4) is 0 Å². The number of hydrogen-bond acceptors (Lipinski definition) is 4. The number of rotatable bonds is 7. The van der Waals surface area contributed by atoms with Crippen molar-refractivity contribution in [3.05, 3.63) is 101 Å². The van der Waals surface area contributed by atoms with Crippen LogP contribution in [0.1, 0.15) is 34.8 Å². The highest BCUT2D eigenvalue weighted by atomic mass is 32.2. The van der Waals surface area contributed by atoms with Crippen LogP contribution in [0.2, 0.25) is 0 Å². The minimum Gasteiger partial charge on any atom is -0.324 e. The van der Waals surface area contributed by atoms with E-state index in [1.165, 1.54) is 24.0 Å². The molecule has 6 nitrogen and oxygen atoms in total. The number of benzene rings is 3. The van der Waals surface area contributed by atoms with Gasteiger partial charge in [0.05, 0.1) is 4.90 Å². The second kappa shape index (κ2) is 9.38. The van der Waals surface area contributed by atoms with E-state index < -0.39 is 27.3 Å². The Hall–Kier alpha value is -3.52. The van der Waals surface area contributed by atoms with E-state index in [0.717, 1.165) is 29.7 Å². The first-order valence-electron chi connectivity index (χ1n) is 11.0. The third-order valence-corrected chi connectivity index (χ3v) is 7.59. The number of amides is 2. The smallest absolute Gasteiger partial charge is 0.264 e. The molecular weight excluding hydrogens is 455 g/mol. The van der Waals surface area contributed by atoms with Gasteiger partial charge in [-0.25, -0.2) is 17.5 Å². The largest absolute Gasteiger partial charge is 0.324 e. The quantitative estimate of drug-likeness (QED) is 0.559. The maximum atomic E-state index is 13.5. The molecule has 1 aliphatic rings. The lowest BCUT2D eigenvalue weighted by atomic mass is 9.84. The van der Waals surface area contributed by atoms with Crippen LogP contribution < -0.4 is 4.72 Å². The minimum atomic E-state index is -4.28. The van der Waals surface area contributed by atoms with Crippen molar-refractivity contribution < 1.29 is 22.4 Å². The third-order valence-electron chi connectivity index (χ3n) is 6.26. The lowest BCUT2D eigenvalue weighted by Gasteiger charge is -2.49. The van der Waals surface area contributed by atoms with Crippen molar-refractivity contribution in [3.63, 3.8) is 0 Å². The van der Waals surface area contributed by atoms with Crippen molar-refractivity contribution in [2.45, 2.75) is 36.6 Å². The van der Waals surface area contributed by atoms with Crippen LogP contribution in [0.4, 0.5) is 4.39 Å². The number of aryl methyl sites for hydroxylation is 2. The standard InChI is InChI=1S/C26H25FN2O4S/c1-26(25(31)28-34(32,33)22-12-7-11-21(27)18-22)16-17-29(26)24(30)23-13-6-5-10-20(23)15-14-19-8-3-2-4-9-19/h2-13,18H,14-17H2,1H3,(H,28,31). The van der Waals surface area contributed by atoms with Crippen LogP contribution in [-0.4, -0.2) is 37.2 Å². The molecule has 2 amide bonds. The van der Waals surface area contributed by atoms with Crippen LogP contribution >= 0.6 is 0 Å². The molecule has 0 bridgehead atoms. The highest BCUT2D eigenvalue weighted by molar-refractivity contribution is 7.90. The van der Waals surface area contributed by atoms with Crippen LogP contribution in [-0.2, 0) is 27.7 Å². The van der Waals surface area contributed by atoms with Gasteiger partial charge in [0.25, 0.3) is 21.8 Å². The Balaban J connectivity index is 1.51. The molecule has 0 saturated carbocycles. The Morgan fingerprint density at radius 1 is 0.971 bits per heavy atom. The van der Waals surface area contributed by atoms with Gasteiger partial charge in [-0.05, 0) is 61.6 Å². The van der Waals surface area contributed by atoms with Crippen LogP contribution in [0.25, 0.3) is 0 Å². The van der Waals surface area contributed by atoms with Crippen molar-refractivity contribution in [2.75, 3.05) is 6.54 Å². The van der Waals surface area contributed by atoms with Gasteiger partial charge in [-0.2, -0.15) is 0 Å². The predicted octanol–water partition coefficient (Wildman–Crippen LogP) is 3.72. The Bertz CT molecular complexity index is 1330. The van der Waals surface area contributed by atoms with Gasteiger partial charge in [0.15, 0.2) is 0 Å². The molecule has 1 N–H and O–H groups in total. The van der Waals surface area contributed by atoms with E-state index in [1.54, 1.807) is 12.1 Å². The van der Waals surface area contributed by atoms with Gasteiger partial charge in [0, 0.05) is 12.1 Å².